The highest BCUT2D eigenvalue weighted by Gasteiger charge is 2.11. The number of fused-ring (bicyclic) bond motifs is 1. The Morgan fingerprint density at radius 1 is 1.14 bits per heavy atom. The van der Waals surface area contributed by atoms with E-state index in [2.05, 4.69) is 4.98 Å². The van der Waals surface area contributed by atoms with Gasteiger partial charge in [-0.1, -0.05) is 35.3 Å². The second-order valence-corrected chi connectivity index (χ2v) is 5.60. The monoisotopic (exact) mass is 323 g/mol. The van der Waals surface area contributed by atoms with Crippen molar-refractivity contribution < 1.29 is 4.39 Å². The quantitative estimate of drug-likeness (QED) is 0.780. The number of rotatable bonds is 3. The zero-order valence-electron chi connectivity index (χ0n) is 11.0. The van der Waals surface area contributed by atoms with Gasteiger partial charge in [0.15, 0.2) is 0 Å². The van der Waals surface area contributed by atoms with Crippen molar-refractivity contribution in [1.29, 1.82) is 0 Å². The van der Waals surface area contributed by atoms with Gasteiger partial charge in [-0.2, -0.15) is 0 Å². The van der Waals surface area contributed by atoms with Crippen LogP contribution < -0.4 is 5.73 Å². The summed E-state index contributed by atoms with van der Waals surface area (Å²) >= 11 is 11.6. The first-order chi connectivity index (χ1) is 10.0. The second-order valence-electron chi connectivity index (χ2n) is 4.75. The third kappa shape index (κ3) is 2.82. The predicted molar refractivity (Wildman–Crippen MR) is 84.3 cm³/mol. The maximum Gasteiger partial charge on any atom is 0.201 e. The first-order valence-corrected chi connectivity index (χ1v) is 7.15. The molecule has 3 nitrogen and oxygen atoms in total. The number of nitrogen functional groups attached to an aromatic ring is 1. The Hall–Kier alpha value is -1.78. The number of nitrogens with zero attached hydrogens (tertiary/aromatic N) is 2. The van der Waals surface area contributed by atoms with Gasteiger partial charge in [0.05, 0.1) is 16.1 Å². The van der Waals surface area contributed by atoms with Gasteiger partial charge in [0, 0.05) is 17.6 Å². The van der Waals surface area contributed by atoms with E-state index in [-0.39, 0.29) is 5.02 Å². The van der Waals surface area contributed by atoms with E-state index >= 15 is 0 Å². The highest BCUT2D eigenvalue weighted by atomic mass is 35.5. The molecule has 0 aliphatic carbocycles. The minimum Gasteiger partial charge on any atom is -0.369 e. The summed E-state index contributed by atoms with van der Waals surface area (Å²) < 4.78 is 15.4. The summed E-state index contributed by atoms with van der Waals surface area (Å²) in [5, 5.41) is 0.743. The lowest BCUT2D eigenvalue weighted by Crippen LogP contribution is -2.05. The third-order valence-corrected chi connectivity index (χ3v) is 3.90. The molecule has 0 atom stereocenters. The van der Waals surface area contributed by atoms with Crippen molar-refractivity contribution in [3.63, 3.8) is 0 Å². The number of hydrogen-bond acceptors (Lipinski definition) is 2. The van der Waals surface area contributed by atoms with Gasteiger partial charge in [0.1, 0.15) is 5.82 Å². The first kappa shape index (κ1) is 14.2. The summed E-state index contributed by atoms with van der Waals surface area (Å²) in [6.07, 6.45) is 0.747. The Labute approximate surface area is 131 Å². The fourth-order valence-electron chi connectivity index (χ4n) is 2.27. The summed E-state index contributed by atoms with van der Waals surface area (Å²) in [4.78, 5) is 4.21. The van der Waals surface area contributed by atoms with Crippen molar-refractivity contribution in [2.75, 3.05) is 5.73 Å². The maximum atomic E-state index is 13.6. The molecule has 0 aliphatic rings. The molecule has 0 saturated carbocycles. The van der Waals surface area contributed by atoms with E-state index in [4.69, 9.17) is 28.9 Å². The van der Waals surface area contributed by atoms with Crippen molar-refractivity contribution in [1.82, 2.24) is 9.55 Å². The molecule has 2 N–H and O–H groups in total. The van der Waals surface area contributed by atoms with Crippen LogP contribution in [0.3, 0.4) is 0 Å². The van der Waals surface area contributed by atoms with E-state index in [1.165, 1.54) is 12.1 Å². The Morgan fingerprint density at radius 2 is 1.86 bits per heavy atom. The van der Waals surface area contributed by atoms with E-state index in [0.717, 1.165) is 12.0 Å². The van der Waals surface area contributed by atoms with Crippen LogP contribution in [0.1, 0.15) is 5.56 Å². The number of benzene rings is 2. The average molecular weight is 324 g/mol. The van der Waals surface area contributed by atoms with E-state index < -0.39 is 5.82 Å². The van der Waals surface area contributed by atoms with Gasteiger partial charge in [-0.15, -0.1) is 0 Å². The van der Waals surface area contributed by atoms with Crippen LogP contribution in [-0.2, 0) is 13.0 Å². The molecule has 21 heavy (non-hydrogen) atoms. The minimum absolute atomic E-state index is 0.0462. The lowest BCUT2D eigenvalue weighted by molar-refractivity contribution is 0.628. The second kappa shape index (κ2) is 5.54. The molecule has 0 amide bonds. The minimum atomic E-state index is -0.475. The summed E-state index contributed by atoms with van der Waals surface area (Å²) in [6, 6.07) is 10.4. The van der Waals surface area contributed by atoms with Crippen molar-refractivity contribution in [3.8, 4) is 0 Å². The molecule has 6 heteroatoms. The predicted octanol–water partition coefficient (Wildman–Crippen LogP) is 4.31. The fraction of sp³-hybridized carbons (Fsp3) is 0.133. The lowest BCUT2D eigenvalue weighted by atomic mass is 10.1. The lowest BCUT2D eigenvalue weighted by Gasteiger charge is -2.07. The maximum absolute atomic E-state index is 13.6. The number of halogens is 3. The largest absolute Gasteiger partial charge is 0.369 e. The topological polar surface area (TPSA) is 43.8 Å². The molecule has 3 rings (SSSR count). The molecule has 108 valence electrons. The average Bonchev–Trinajstić information content (AvgIpc) is 2.74. The molecular weight excluding hydrogens is 312 g/mol. The van der Waals surface area contributed by atoms with Gasteiger partial charge in [0.25, 0.3) is 0 Å². The zero-order valence-corrected chi connectivity index (χ0v) is 12.5. The van der Waals surface area contributed by atoms with Crippen LogP contribution in [0.4, 0.5) is 10.3 Å². The Bertz CT molecular complexity index is 797. The molecule has 1 aromatic heterocycles. The molecule has 0 spiro atoms. The molecule has 0 radical (unpaired) electrons. The third-order valence-electron chi connectivity index (χ3n) is 3.36. The molecule has 0 fully saturated rings. The van der Waals surface area contributed by atoms with Gasteiger partial charge >= 0.3 is 0 Å². The van der Waals surface area contributed by atoms with E-state index in [1.54, 1.807) is 4.57 Å². The van der Waals surface area contributed by atoms with Crippen LogP contribution in [0, 0.1) is 5.82 Å². The summed E-state index contributed by atoms with van der Waals surface area (Å²) in [5.74, 6) is -0.127. The van der Waals surface area contributed by atoms with E-state index in [0.29, 0.717) is 28.5 Å². The van der Waals surface area contributed by atoms with Gasteiger partial charge < -0.3 is 10.3 Å². The molecule has 3 aromatic rings. The van der Waals surface area contributed by atoms with Crippen LogP contribution in [0.25, 0.3) is 11.0 Å². The number of nitrogens with two attached hydrogens (primary N) is 1. The number of aromatic nitrogens is 2. The SMILES string of the molecule is Nc1nc2cc(Cl)c(F)cc2n1CCc1ccc(Cl)cc1. The number of hydrogen-bond donors (Lipinski definition) is 1. The molecule has 0 aliphatic heterocycles. The molecule has 2 aromatic carbocycles. The first-order valence-electron chi connectivity index (χ1n) is 6.40. The Balaban J connectivity index is 1.91. The van der Waals surface area contributed by atoms with E-state index in [1.807, 2.05) is 24.3 Å². The smallest absolute Gasteiger partial charge is 0.201 e. The number of aryl methyl sites for hydroxylation is 2. The van der Waals surface area contributed by atoms with Crippen LogP contribution in [0.5, 0.6) is 0 Å². The van der Waals surface area contributed by atoms with Crippen molar-refractivity contribution >= 4 is 40.2 Å². The van der Waals surface area contributed by atoms with Gasteiger partial charge in [-0.05, 0) is 30.2 Å². The number of imidazole rings is 1. The zero-order chi connectivity index (χ0) is 15.0. The Kier molecular flexibility index (Phi) is 3.74. The van der Waals surface area contributed by atoms with Crippen LogP contribution in [-0.4, -0.2) is 9.55 Å². The van der Waals surface area contributed by atoms with Gasteiger partial charge in [-0.3, -0.25) is 0 Å². The van der Waals surface area contributed by atoms with Crippen molar-refractivity contribution in [2.24, 2.45) is 0 Å². The normalized spacial score (nSPS) is 11.2. The van der Waals surface area contributed by atoms with Crippen molar-refractivity contribution in [3.05, 3.63) is 57.8 Å². The number of anilines is 1. The van der Waals surface area contributed by atoms with Crippen LogP contribution in [0.2, 0.25) is 10.0 Å². The molecule has 0 saturated heterocycles. The van der Waals surface area contributed by atoms with Crippen molar-refractivity contribution in [2.45, 2.75) is 13.0 Å². The van der Waals surface area contributed by atoms with Crippen LogP contribution in [0.15, 0.2) is 36.4 Å². The molecule has 0 bridgehead atoms. The Morgan fingerprint density at radius 3 is 2.57 bits per heavy atom. The fourth-order valence-corrected chi connectivity index (χ4v) is 2.55. The summed E-state index contributed by atoms with van der Waals surface area (Å²) in [6.45, 7) is 0.602. The summed E-state index contributed by atoms with van der Waals surface area (Å²) in [5.41, 5.74) is 8.26. The summed E-state index contributed by atoms with van der Waals surface area (Å²) in [7, 11) is 0. The van der Waals surface area contributed by atoms with Crippen LogP contribution >= 0.6 is 23.2 Å². The standard InChI is InChI=1S/C15H12Cl2FN3/c16-10-3-1-9(2-4-10)5-6-21-14-8-12(18)11(17)7-13(14)20-15(21)19/h1-4,7-8H,5-6H2,(H2,19,20). The van der Waals surface area contributed by atoms with Gasteiger partial charge in [-0.25, -0.2) is 9.37 Å². The van der Waals surface area contributed by atoms with E-state index in [9.17, 15) is 4.39 Å². The molecule has 0 unspecified atom stereocenters. The van der Waals surface area contributed by atoms with Gasteiger partial charge in [0.2, 0.25) is 5.95 Å². The molecule has 1 heterocycles. The highest BCUT2D eigenvalue weighted by molar-refractivity contribution is 6.31. The molecular formula is C15H12Cl2FN3. The highest BCUT2D eigenvalue weighted by Crippen LogP contribution is 2.25.